The van der Waals surface area contributed by atoms with Crippen LogP contribution in [0.25, 0.3) is 10.9 Å². The van der Waals surface area contributed by atoms with Crippen molar-refractivity contribution in [1.29, 1.82) is 0 Å². The van der Waals surface area contributed by atoms with E-state index in [-0.39, 0.29) is 5.56 Å². The Bertz CT molecular complexity index is 581. The van der Waals surface area contributed by atoms with E-state index in [2.05, 4.69) is 49.8 Å². The van der Waals surface area contributed by atoms with Crippen molar-refractivity contribution < 1.29 is 0 Å². The highest BCUT2D eigenvalue weighted by atomic mass is 127. The third kappa shape index (κ3) is 2.74. The van der Waals surface area contributed by atoms with Crippen LogP contribution in [-0.2, 0) is 0 Å². The van der Waals surface area contributed by atoms with Gasteiger partial charge in [0.05, 0.1) is 14.5 Å². The normalized spacial score (nSPS) is 10.7. The fourth-order valence-electron chi connectivity index (χ4n) is 1.47. The maximum atomic E-state index is 11.5. The summed E-state index contributed by atoms with van der Waals surface area (Å²) in [5.74, 6) is 0.578. The molecule has 0 saturated carbocycles. The Labute approximate surface area is 112 Å². The molecule has 2 aromatic heterocycles. The highest BCUT2D eigenvalue weighted by Crippen LogP contribution is 2.14. The van der Waals surface area contributed by atoms with Gasteiger partial charge in [0.25, 0.3) is 5.56 Å². The van der Waals surface area contributed by atoms with Gasteiger partial charge in [0.1, 0.15) is 0 Å². The number of hydrogen-bond donors (Lipinski definition) is 2. The number of nitrogens with zero attached hydrogens (tertiary/aromatic N) is 2. The largest absolute Gasteiger partial charge is 0.354 e. The lowest BCUT2D eigenvalue weighted by atomic mass is 10.3. The molecule has 0 atom stereocenters. The number of aromatic amines is 1. The highest BCUT2D eigenvalue weighted by molar-refractivity contribution is 14.1. The van der Waals surface area contributed by atoms with Gasteiger partial charge in [-0.15, -0.1) is 0 Å². The van der Waals surface area contributed by atoms with Crippen LogP contribution in [0.15, 0.2) is 17.2 Å². The molecule has 0 aliphatic carbocycles. The number of H-pyrrole nitrogens is 1. The molecule has 0 aliphatic rings. The summed E-state index contributed by atoms with van der Waals surface area (Å²) in [6.07, 6.45) is 5.43. The molecule has 0 aliphatic heterocycles. The molecule has 0 bridgehead atoms. The first-order valence-corrected chi connectivity index (χ1v) is 6.58. The Balaban J connectivity index is 2.36. The van der Waals surface area contributed by atoms with Crippen LogP contribution in [0, 0.1) is 3.57 Å². The van der Waals surface area contributed by atoms with E-state index in [0.29, 0.717) is 16.9 Å². The topological polar surface area (TPSA) is 70.7 Å². The van der Waals surface area contributed by atoms with Gasteiger partial charge in [-0.2, -0.15) is 0 Å². The molecule has 0 saturated heterocycles. The van der Waals surface area contributed by atoms with E-state index >= 15 is 0 Å². The molecule has 2 N–H and O–H groups in total. The van der Waals surface area contributed by atoms with Crippen molar-refractivity contribution in [2.24, 2.45) is 0 Å². The molecule has 0 fully saturated rings. The van der Waals surface area contributed by atoms with Gasteiger partial charge >= 0.3 is 0 Å². The van der Waals surface area contributed by atoms with E-state index in [1.165, 1.54) is 0 Å². The number of halogens is 1. The summed E-state index contributed by atoms with van der Waals surface area (Å²) in [5, 5.41) is 3.67. The van der Waals surface area contributed by atoms with Crippen LogP contribution in [0.3, 0.4) is 0 Å². The highest BCUT2D eigenvalue weighted by Gasteiger charge is 2.06. The maximum absolute atomic E-state index is 11.5. The van der Waals surface area contributed by atoms with Gasteiger partial charge in [0.15, 0.2) is 0 Å². The smallest absolute Gasteiger partial charge is 0.259 e. The van der Waals surface area contributed by atoms with Gasteiger partial charge in [-0.1, -0.05) is 13.3 Å². The van der Waals surface area contributed by atoms with Crippen LogP contribution in [0.5, 0.6) is 0 Å². The van der Waals surface area contributed by atoms with Gasteiger partial charge < -0.3 is 10.3 Å². The number of anilines is 1. The SMILES string of the molecule is CCCCNc1ncc2c(=O)[nH]cc(I)c2n1. The molecule has 6 heteroatoms. The molecule has 2 heterocycles. The third-order valence-electron chi connectivity index (χ3n) is 2.40. The molecule has 2 rings (SSSR count). The van der Waals surface area contributed by atoms with Gasteiger partial charge in [-0.3, -0.25) is 4.79 Å². The lowest BCUT2D eigenvalue weighted by Crippen LogP contribution is -2.10. The Morgan fingerprint density at radius 3 is 3.12 bits per heavy atom. The Hall–Kier alpha value is -1.18. The Kier molecular flexibility index (Phi) is 3.93. The quantitative estimate of drug-likeness (QED) is 0.659. The molecule has 0 unspecified atom stereocenters. The van der Waals surface area contributed by atoms with Gasteiger partial charge in [0, 0.05) is 18.9 Å². The summed E-state index contributed by atoms with van der Waals surface area (Å²) in [6, 6.07) is 0. The summed E-state index contributed by atoms with van der Waals surface area (Å²) in [5.41, 5.74) is 0.545. The van der Waals surface area contributed by atoms with E-state index in [0.717, 1.165) is 23.0 Å². The molecule has 0 amide bonds. The number of nitrogens with one attached hydrogen (secondary N) is 2. The molecule has 0 radical (unpaired) electrons. The average molecular weight is 344 g/mol. The minimum atomic E-state index is -0.152. The van der Waals surface area contributed by atoms with Gasteiger partial charge in [-0.05, 0) is 29.0 Å². The standard InChI is InChI=1S/C11H13IN4O/c1-2-3-4-13-11-15-5-7-9(16-11)8(12)6-14-10(7)17/h5-6H,2-4H2,1H3,(H,14,17)(H,13,15,16). The number of hydrogen-bond acceptors (Lipinski definition) is 4. The van der Waals surface area contributed by atoms with Crippen LogP contribution >= 0.6 is 22.6 Å². The van der Waals surface area contributed by atoms with Crippen LogP contribution in [-0.4, -0.2) is 21.5 Å². The van der Waals surface area contributed by atoms with Crippen molar-refractivity contribution in [2.45, 2.75) is 19.8 Å². The van der Waals surface area contributed by atoms with Crippen LogP contribution in [0.4, 0.5) is 5.95 Å². The second-order valence-electron chi connectivity index (χ2n) is 3.70. The summed E-state index contributed by atoms with van der Waals surface area (Å²) >= 11 is 2.15. The summed E-state index contributed by atoms with van der Waals surface area (Å²) in [7, 11) is 0. The van der Waals surface area contributed by atoms with Crippen LogP contribution in [0.1, 0.15) is 19.8 Å². The average Bonchev–Trinajstić information content (AvgIpc) is 2.34. The first kappa shape index (κ1) is 12.3. The zero-order valence-electron chi connectivity index (χ0n) is 9.46. The monoisotopic (exact) mass is 344 g/mol. The number of fused-ring (bicyclic) bond motifs is 1. The summed E-state index contributed by atoms with van der Waals surface area (Å²) in [4.78, 5) is 22.7. The Morgan fingerprint density at radius 1 is 1.53 bits per heavy atom. The second-order valence-corrected chi connectivity index (χ2v) is 4.86. The molecular weight excluding hydrogens is 331 g/mol. The first-order valence-electron chi connectivity index (χ1n) is 5.50. The Morgan fingerprint density at radius 2 is 2.35 bits per heavy atom. The number of rotatable bonds is 4. The molecule has 17 heavy (non-hydrogen) atoms. The third-order valence-corrected chi connectivity index (χ3v) is 3.23. The van der Waals surface area contributed by atoms with Gasteiger partial charge in [-0.25, -0.2) is 9.97 Å². The molecule has 2 aromatic rings. The summed E-state index contributed by atoms with van der Waals surface area (Å²) in [6.45, 7) is 2.98. The van der Waals surface area contributed by atoms with Gasteiger partial charge in [0.2, 0.25) is 5.95 Å². The molecular formula is C11H13IN4O. The van der Waals surface area contributed by atoms with Crippen LogP contribution < -0.4 is 10.9 Å². The zero-order chi connectivity index (χ0) is 12.3. The predicted octanol–water partition coefficient (Wildman–Crippen LogP) is 2.13. The van der Waals surface area contributed by atoms with Crippen molar-refractivity contribution in [1.82, 2.24) is 15.0 Å². The van der Waals surface area contributed by atoms with Crippen molar-refractivity contribution >= 4 is 39.4 Å². The van der Waals surface area contributed by atoms with Crippen LogP contribution in [0.2, 0.25) is 0 Å². The van der Waals surface area contributed by atoms with E-state index in [1.807, 2.05) is 0 Å². The van der Waals surface area contributed by atoms with Crippen molar-refractivity contribution in [3.05, 3.63) is 26.3 Å². The second kappa shape index (κ2) is 5.44. The van der Waals surface area contributed by atoms with Crippen molar-refractivity contribution in [3.8, 4) is 0 Å². The van der Waals surface area contributed by atoms with Crippen molar-refractivity contribution in [3.63, 3.8) is 0 Å². The minimum absolute atomic E-state index is 0.152. The molecule has 0 aromatic carbocycles. The van der Waals surface area contributed by atoms with E-state index < -0.39 is 0 Å². The fourth-order valence-corrected chi connectivity index (χ4v) is 2.03. The lowest BCUT2D eigenvalue weighted by Gasteiger charge is -2.05. The zero-order valence-corrected chi connectivity index (χ0v) is 11.6. The van der Waals surface area contributed by atoms with E-state index in [1.54, 1.807) is 12.4 Å². The van der Waals surface area contributed by atoms with E-state index in [9.17, 15) is 4.79 Å². The molecule has 0 spiro atoms. The lowest BCUT2D eigenvalue weighted by molar-refractivity contribution is 0.827. The van der Waals surface area contributed by atoms with E-state index in [4.69, 9.17) is 0 Å². The molecule has 90 valence electrons. The number of unbranched alkanes of at least 4 members (excludes halogenated alkanes) is 1. The van der Waals surface area contributed by atoms with Crippen molar-refractivity contribution in [2.75, 3.05) is 11.9 Å². The molecule has 5 nitrogen and oxygen atoms in total. The fraction of sp³-hybridized carbons (Fsp3) is 0.364. The number of aromatic nitrogens is 3. The minimum Gasteiger partial charge on any atom is -0.354 e. The predicted molar refractivity (Wildman–Crippen MR) is 76.3 cm³/mol. The maximum Gasteiger partial charge on any atom is 0.259 e. The number of pyridine rings is 1. The first-order chi connectivity index (χ1) is 8.22. The summed E-state index contributed by atoms with van der Waals surface area (Å²) < 4.78 is 0.915.